The van der Waals surface area contributed by atoms with Gasteiger partial charge >= 0.3 is 0 Å². The minimum Gasteiger partial charge on any atom is -0.454 e. The maximum absolute atomic E-state index is 7.10. The molecule has 0 bridgehead atoms. The monoisotopic (exact) mass is 832 g/mol. The molecule has 0 saturated heterocycles. The van der Waals surface area contributed by atoms with Crippen molar-refractivity contribution >= 4 is 101 Å². The summed E-state index contributed by atoms with van der Waals surface area (Å²) in [5, 5.41) is 4.52. The summed E-state index contributed by atoms with van der Waals surface area (Å²) in [5.41, 5.74) is 24.4. The molecule has 4 aliphatic rings. The molecule has 4 heterocycles. The number of para-hydroxylation sites is 4. The van der Waals surface area contributed by atoms with Crippen LogP contribution in [0.25, 0.3) is 66.1 Å². The van der Waals surface area contributed by atoms with Crippen molar-refractivity contribution in [3.8, 4) is 22.3 Å². The van der Waals surface area contributed by atoms with Crippen LogP contribution in [0.2, 0.25) is 0 Å². The van der Waals surface area contributed by atoms with Gasteiger partial charge in [-0.2, -0.15) is 0 Å². The molecular formula is C60H41BN2O2. The van der Waals surface area contributed by atoms with Gasteiger partial charge in [-0.15, -0.1) is 0 Å². The van der Waals surface area contributed by atoms with Crippen LogP contribution in [0.15, 0.2) is 185 Å². The summed E-state index contributed by atoms with van der Waals surface area (Å²) >= 11 is 0. The number of hydrogen-bond donors (Lipinski definition) is 0. The van der Waals surface area contributed by atoms with Gasteiger partial charge in [-0.3, -0.25) is 0 Å². The smallest absolute Gasteiger partial charge is 0.252 e. The summed E-state index contributed by atoms with van der Waals surface area (Å²) in [4.78, 5) is 4.91. The second-order valence-electron chi connectivity index (χ2n) is 19.6. The molecule has 5 heteroatoms. The second kappa shape index (κ2) is 12.1. The average Bonchev–Trinajstić information content (AvgIpc) is 4.03. The highest BCUT2D eigenvalue weighted by Gasteiger charge is 2.44. The van der Waals surface area contributed by atoms with E-state index in [0.717, 1.165) is 78.0 Å². The van der Waals surface area contributed by atoms with Crippen LogP contribution in [0.3, 0.4) is 0 Å². The first kappa shape index (κ1) is 35.7. The van der Waals surface area contributed by atoms with Crippen LogP contribution >= 0.6 is 0 Å². The van der Waals surface area contributed by atoms with Crippen molar-refractivity contribution in [2.75, 3.05) is 9.80 Å². The number of hydrogen-bond acceptors (Lipinski definition) is 4. The highest BCUT2D eigenvalue weighted by molar-refractivity contribution is 7.00. The maximum atomic E-state index is 7.10. The van der Waals surface area contributed by atoms with Crippen molar-refractivity contribution in [2.24, 2.45) is 0 Å². The molecule has 0 unspecified atom stereocenters. The molecule has 0 spiro atoms. The minimum atomic E-state index is -0.121. The van der Waals surface area contributed by atoms with E-state index in [2.05, 4.69) is 213 Å². The first-order chi connectivity index (χ1) is 31.8. The summed E-state index contributed by atoms with van der Waals surface area (Å²) in [5.74, 6) is 0. The van der Waals surface area contributed by atoms with Crippen molar-refractivity contribution in [1.82, 2.24) is 0 Å². The number of nitrogens with zero attached hydrogens (tertiary/aromatic N) is 2. The topological polar surface area (TPSA) is 32.8 Å². The van der Waals surface area contributed by atoms with Gasteiger partial charge in [-0.25, -0.2) is 0 Å². The zero-order valence-electron chi connectivity index (χ0n) is 36.5. The van der Waals surface area contributed by atoms with Crippen molar-refractivity contribution in [3.05, 3.63) is 198 Å². The van der Waals surface area contributed by atoms with Crippen LogP contribution in [-0.4, -0.2) is 6.71 Å². The summed E-state index contributed by atoms with van der Waals surface area (Å²) in [7, 11) is 0. The molecule has 4 nitrogen and oxygen atoms in total. The lowest BCUT2D eigenvalue weighted by Crippen LogP contribution is -2.61. The maximum Gasteiger partial charge on any atom is 0.252 e. The fourth-order valence-corrected chi connectivity index (χ4v) is 12.7. The Morgan fingerprint density at radius 3 is 1.25 bits per heavy atom. The first-order valence-electron chi connectivity index (χ1n) is 22.9. The molecule has 0 atom stereocenters. The van der Waals surface area contributed by atoms with Crippen molar-refractivity contribution < 1.29 is 8.83 Å². The lowest BCUT2D eigenvalue weighted by molar-refractivity contribution is 0.647. The van der Waals surface area contributed by atoms with Gasteiger partial charge in [0.15, 0.2) is 11.2 Å². The van der Waals surface area contributed by atoms with Crippen molar-refractivity contribution in [1.29, 1.82) is 0 Å². The van der Waals surface area contributed by atoms with Gasteiger partial charge in [0, 0.05) is 55.1 Å². The molecular weight excluding hydrogens is 791 g/mol. The fourth-order valence-electron chi connectivity index (χ4n) is 12.7. The normalized spacial score (nSPS) is 15.5. The van der Waals surface area contributed by atoms with Crippen LogP contribution in [-0.2, 0) is 10.8 Å². The third kappa shape index (κ3) is 4.39. The van der Waals surface area contributed by atoms with Gasteiger partial charge in [-0.1, -0.05) is 143 Å². The van der Waals surface area contributed by atoms with Crippen molar-refractivity contribution in [2.45, 2.75) is 38.5 Å². The Kier molecular flexibility index (Phi) is 6.63. The summed E-state index contributed by atoms with van der Waals surface area (Å²) in [6.07, 6.45) is 0. The summed E-state index contributed by atoms with van der Waals surface area (Å²) < 4.78 is 14.2. The molecule has 65 heavy (non-hydrogen) atoms. The van der Waals surface area contributed by atoms with E-state index in [4.69, 9.17) is 8.83 Å². The number of benzene rings is 9. The van der Waals surface area contributed by atoms with Gasteiger partial charge in [-0.05, 0) is 122 Å². The molecule has 0 saturated carbocycles. The lowest BCUT2D eigenvalue weighted by Gasteiger charge is -2.43. The van der Waals surface area contributed by atoms with Crippen LogP contribution in [0, 0.1) is 0 Å². The zero-order valence-corrected chi connectivity index (χ0v) is 36.5. The number of rotatable bonds is 2. The van der Waals surface area contributed by atoms with Crippen LogP contribution in [0.4, 0.5) is 34.1 Å². The largest absolute Gasteiger partial charge is 0.454 e. The quantitative estimate of drug-likeness (QED) is 0.162. The predicted molar refractivity (Wildman–Crippen MR) is 270 cm³/mol. The molecule has 15 rings (SSSR count). The van der Waals surface area contributed by atoms with Crippen LogP contribution < -0.4 is 26.2 Å². The van der Waals surface area contributed by atoms with Crippen molar-refractivity contribution in [3.63, 3.8) is 0 Å². The Morgan fingerprint density at radius 1 is 0.354 bits per heavy atom. The Morgan fingerprint density at radius 2 is 0.754 bits per heavy atom. The lowest BCUT2D eigenvalue weighted by atomic mass is 9.33. The Balaban J connectivity index is 0.953. The molecule has 0 amide bonds. The highest BCUT2D eigenvalue weighted by atomic mass is 16.3. The molecule has 306 valence electrons. The van der Waals surface area contributed by atoms with E-state index in [9.17, 15) is 0 Å². The van der Waals surface area contributed by atoms with Gasteiger partial charge in [0.2, 0.25) is 0 Å². The molecule has 2 aliphatic heterocycles. The molecule has 2 aromatic heterocycles. The number of anilines is 6. The van der Waals surface area contributed by atoms with E-state index in [1.807, 2.05) is 0 Å². The molecule has 2 aliphatic carbocycles. The van der Waals surface area contributed by atoms with Gasteiger partial charge in [0.25, 0.3) is 6.71 Å². The third-order valence-corrected chi connectivity index (χ3v) is 15.6. The molecule has 0 radical (unpaired) electrons. The van der Waals surface area contributed by atoms with Gasteiger partial charge < -0.3 is 18.6 Å². The van der Waals surface area contributed by atoms with E-state index in [1.54, 1.807) is 0 Å². The van der Waals surface area contributed by atoms with E-state index >= 15 is 0 Å². The van der Waals surface area contributed by atoms with Crippen LogP contribution in [0.1, 0.15) is 49.9 Å². The van der Waals surface area contributed by atoms with E-state index in [1.165, 1.54) is 60.9 Å². The highest BCUT2D eigenvalue weighted by Crippen LogP contribution is 2.54. The first-order valence-corrected chi connectivity index (χ1v) is 22.9. The zero-order chi connectivity index (χ0) is 43.1. The van der Waals surface area contributed by atoms with E-state index < -0.39 is 0 Å². The Hall–Kier alpha value is -7.76. The average molecular weight is 833 g/mol. The molecule has 0 N–H and O–H groups in total. The standard InChI is InChI=1S/C60H41BN2O2/c1-59(2)42-20-7-5-16-34(42)38-30-40-36-18-13-28-52(57(36)64-54(40)32-44(38)59)62-48-24-11-9-22-46(48)61-47-23-10-12-25-49(47)63(51-27-15-26-50(62)56(51)61)53-29-14-19-37-41-31-39-35-17-6-8-21-43(35)60(3,4)45(39)33-55(41)65-58(37)53/h5-33H,1-4H3. The molecule has 11 aromatic rings. The number of furan rings is 2. The Labute approximate surface area is 377 Å². The fraction of sp³-hybridized carbons (Fsp3) is 0.100. The summed E-state index contributed by atoms with van der Waals surface area (Å²) in [6, 6.07) is 65.1. The molecule has 9 aromatic carbocycles. The van der Waals surface area contributed by atoms with Gasteiger partial charge in [0.1, 0.15) is 11.2 Å². The Bertz CT molecular complexity index is 3690. The predicted octanol–water partition coefficient (Wildman–Crippen LogP) is 14.2. The van der Waals surface area contributed by atoms with E-state index in [0.29, 0.717) is 0 Å². The number of fused-ring (bicyclic) bond motifs is 16. The third-order valence-electron chi connectivity index (χ3n) is 15.6. The van der Waals surface area contributed by atoms with E-state index in [-0.39, 0.29) is 17.5 Å². The summed E-state index contributed by atoms with van der Waals surface area (Å²) in [6.45, 7) is 9.34. The minimum absolute atomic E-state index is 0.0152. The second-order valence-corrected chi connectivity index (χ2v) is 19.6. The van der Waals surface area contributed by atoms with Gasteiger partial charge in [0.05, 0.1) is 11.4 Å². The molecule has 0 fully saturated rings. The van der Waals surface area contributed by atoms with Crippen LogP contribution in [0.5, 0.6) is 0 Å². The SMILES string of the molecule is CC1(C)c2ccccc2-c2cc3c(cc21)oc1c(N2c4ccccc4B4c5ccccc5N(c5cccc6c5oc5cc7c(cc56)-c5ccccc5C7(C)C)c5cccc2c54)cccc13.